The van der Waals surface area contributed by atoms with Gasteiger partial charge in [-0.15, -0.1) is 0 Å². The average Bonchev–Trinajstić information content (AvgIpc) is 3.02. The van der Waals surface area contributed by atoms with Gasteiger partial charge in [0.15, 0.2) is 0 Å². The molecule has 0 saturated carbocycles. The van der Waals surface area contributed by atoms with E-state index in [-0.39, 0.29) is 5.91 Å². The highest BCUT2D eigenvalue weighted by Gasteiger charge is 2.12. The van der Waals surface area contributed by atoms with E-state index in [0.717, 1.165) is 19.6 Å². The van der Waals surface area contributed by atoms with Gasteiger partial charge in [-0.05, 0) is 44.1 Å². The monoisotopic (exact) mass is 307 g/mol. The summed E-state index contributed by atoms with van der Waals surface area (Å²) in [7, 11) is 1.60. The average molecular weight is 307 g/mol. The number of nitrogens with zero attached hydrogens (tertiary/aromatic N) is 1. The molecule has 1 aromatic rings. The Morgan fingerprint density at radius 1 is 1.32 bits per heavy atom. The first-order valence-electron chi connectivity index (χ1n) is 7.72. The Labute approximate surface area is 131 Å². The van der Waals surface area contributed by atoms with E-state index in [1.807, 2.05) is 0 Å². The molecule has 1 aliphatic rings. The number of rotatable bonds is 8. The lowest BCUT2D eigenvalue weighted by molar-refractivity contribution is 0.0937. The van der Waals surface area contributed by atoms with Crippen LogP contribution < -0.4 is 15.8 Å². The van der Waals surface area contributed by atoms with Crippen molar-refractivity contribution in [1.29, 1.82) is 0 Å². The van der Waals surface area contributed by atoms with Crippen LogP contribution in [0.4, 0.5) is 5.69 Å². The third kappa shape index (κ3) is 4.89. The van der Waals surface area contributed by atoms with Gasteiger partial charge in [0.05, 0.1) is 12.3 Å². The minimum atomic E-state index is -0.160. The van der Waals surface area contributed by atoms with Crippen LogP contribution in [0, 0.1) is 0 Å². The van der Waals surface area contributed by atoms with Gasteiger partial charge >= 0.3 is 0 Å². The Bertz CT molecular complexity index is 488. The molecule has 0 aromatic heterocycles. The summed E-state index contributed by atoms with van der Waals surface area (Å²) in [5, 5.41) is 2.76. The van der Waals surface area contributed by atoms with E-state index in [0.29, 0.717) is 36.8 Å². The summed E-state index contributed by atoms with van der Waals surface area (Å²) >= 11 is 0. The van der Waals surface area contributed by atoms with Crippen LogP contribution in [0.25, 0.3) is 0 Å². The second-order valence-corrected chi connectivity index (χ2v) is 5.40. The number of amides is 1. The molecule has 122 valence electrons. The Morgan fingerprint density at radius 3 is 2.77 bits per heavy atom. The third-order valence-electron chi connectivity index (χ3n) is 3.73. The number of anilines is 1. The number of nitrogens with two attached hydrogens (primary N) is 1. The number of hydrogen-bond acceptors (Lipinski definition) is 5. The molecule has 6 heteroatoms. The summed E-state index contributed by atoms with van der Waals surface area (Å²) in [6.07, 6.45) is 2.55. The lowest BCUT2D eigenvalue weighted by Crippen LogP contribution is -2.27. The highest BCUT2D eigenvalue weighted by atomic mass is 16.5. The molecule has 22 heavy (non-hydrogen) atoms. The first-order chi connectivity index (χ1) is 10.7. The van der Waals surface area contributed by atoms with E-state index in [1.54, 1.807) is 25.3 Å². The molecule has 1 aliphatic heterocycles. The van der Waals surface area contributed by atoms with Crippen LogP contribution in [0.2, 0.25) is 0 Å². The summed E-state index contributed by atoms with van der Waals surface area (Å²) in [4.78, 5) is 14.3. The standard InChI is InChI=1S/C16H25N3O3/c1-21-10-6-18-16(20)13-4-5-15(14(17)12-13)22-11-9-19-7-2-3-8-19/h4-5,12H,2-3,6-11,17H2,1H3,(H,18,20). The third-order valence-corrected chi connectivity index (χ3v) is 3.73. The zero-order chi connectivity index (χ0) is 15.8. The maximum atomic E-state index is 11.9. The van der Waals surface area contributed by atoms with E-state index in [2.05, 4.69) is 10.2 Å². The van der Waals surface area contributed by atoms with E-state index in [4.69, 9.17) is 15.2 Å². The highest BCUT2D eigenvalue weighted by Crippen LogP contribution is 2.22. The predicted octanol–water partition coefficient (Wildman–Crippen LogP) is 1.12. The van der Waals surface area contributed by atoms with Gasteiger partial charge in [-0.3, -0.25) is 9.69 Å². The molecule has 1 heterocycles. The van der Waals surface area contributed by atoms with Crippen LogP contribution in [0.5, 0.6) is 5.75 Å². The number of likely N-dealkylation sites (tertiary alicyclic amines) is 1. The second-order valence-electron chi connectivity index (χ2n) is 5.40. The molecule has 1 fully saturated rings. The summed E-state index contributed by atoms with van der Waals surface area (Å²) in [6.45, 7) is 4.80. The molecule has 0 atom stereocenters. The lowest BCUT2D eigenvalue weighted by Gasteiger charge is -2.16. The topological polar surface area (TPSA) is 76.8 Å². The van der Waals surface area contributed by atoms with Crippen molar-refractivity contribution in [3.63, 3.8) is 0 Å². The van der Waals surface area contributed by atoms with Crippen molar-refractivity contribution < 1.29 is 14.3 Å². The Kier molecular flexibility index (Phi) is 6.48. The number of hydrogen-bond donors (Lipinski definition) is 2. The normalized spacial score (nSPS) is 15.0. The predicted molar refractivity (Wildman–Crippen MR) is 86.2 cm³/mol. The van der Waals surface area contributed by atoms with E-state index >= 15 is 0 Å². The van der Waals surface area contributed by atoms with Crippen molar-refractivity contribution >= 4 is 11.6 Å². The van der Waals surface area contributed by atoms with Crippen molar-refractivity contribution in [1.82, 2.24) is 10.2 Å². The van der Waals surface area contributed by atoms with Gasteiger partial charge in [0.2, 0.25) is 0 Å². The molecule has 1 saturated heterocycles. The second kappa shape index (κ2) is 8.60. The Hall–Kier alpha value is -1.79. The maximum Gasteiger partial charge on any atom is 0.251 e. The smallest absolute Gasteiger partial charge is 0.251 e. The Morgan fingerprint density at radius 2 is 2.09 bits per heavy atom. The van der Waals surface area contributed by atoms with Gasteiger partial charge in [0.1, 0.15) is 12.4 Å². The molecular weight excluding hydrogens is 282 g/mol. The molecule has 2 rings (SSSR count). The van der Waals surface area contributed by atoms with Crippen LogP contribution in [0.15, 0.2) is 18.2 Å². The molecule has 0 unspecified atom stereocenters. The van der Waals surface area contributed by atoms with E-state index in [9.17, 15) is 4.79 Å². The molecule has 0 aliphatic carbocycles. The molecule has 0 bridgehead atoms. The van der Waals surface area contributed by atoms with Gasteiger partial charge in [-0.25, -0.2) is 0 Å². The number of carbonyl (C=O) groups excluding carboxylic acids is 1. The van der Waals surface area contributed by atoms with Gasteiger partial charge < -0.3 is 20.5 Å². The van der Waals surface area contributed by atoms with Crippen molar-refractivity contribution in [3.8, 4) is 5.75 Å². The van der Waals surface area contributed by atoms with E-state index < -0.39 is 0 Å². The fourth-order valence-electron chi connectivity index (χ4n) is 2.48. The molecule has 1 aromatic carbocycles. The van der Waals surface area contributed by atoms with Crippen molar-refractivity contribution in [2.24, 2.45) is 0 Å². The summed E-state index contributed by atoms with van der Waals surface area (Å²) in [5.41, 5.74) is 6.98. The van der Waals surface area contributed by atoms with E-state index in [1.165, 1.54) is 12.8 Å². The van der Waals surface area contributed by atoms with Gasteiger partial charge in [-0.1, -0.05) is 0 Å². The number of nitrogens with one attached hydrogen (secondary N) is 1. The first-order valence-corrected chi connectivity index (χ1v) is 7.72. The molecule has 6 nitrogen and oxygen atoms in total. The van der Waals surface area contributed by atoms with Crippen molar-refractivity contribution in [2.45, 2.75) is 12.8 Å². The SMILES string of the molecule is COCCNC(=O)c1ccc(OCCN2CCCC2)c(N)c1. The summed E-state index contributed by atoms with van der Waals surface area (Å²) < 4.78 is 10.6. The van der Waals surface area contributed by atoms with Crippen LogP contribution in [0.1, 0.15) is 23.2 Å². The zero-order valence-corrected chi connectivity index (χ0v) is 13.1. The minimum Gasteiger partial charge on any atom is -0.490 e. The molecule has 1 amide bonds. The maximum absolute atomic E-state index is 11.9. The summed E-state index contributed by atoms with van der Waals surface area (Å²) in [5.74, 6) is 0.472. The largest absolute Gasteiger partial charge is 0.490 e. The van der Waals surface area contributed by atoms with Crippen LogP contribution in [0.3, 0.4) is 0 Å². The van der Waals surface area contributed by atoms with Gasteiger partial charge in [0.25, 0.3) is 5.91 Å². The van der Waals surface area contributed by atoms with Crippen LogP contribution in [-0.2, 0) is 4.74 Å². The fourth-order valence-corrected chi connectivity index (χ4v) is 2.48. The van der Waals surface area contributed by atoms with Crippen LogP contribution in [-0.4, -0.2) is 57.3 Å². The first kappa shape index (κ1) is 16.6. The Balaban J connectivity index is 1.81. The van der Waals surface area contributed by atoms with Gasteiger partial charge in [0, 0.05) is 25.8 Å². The minimum absolute atomic E-state index is 0.160. The van der Waals surface area contributed by atoms with Gasteiger partial charge in [-0.2, -0.15) is 0 Å². The van der Waals surface area contributed by atoms with Crippen molar-refractivity contribution in [2.75, 3.05) is 52.2 Å². The molecular formula is C16H25N3O3. The lowest BCUT2D eigenvalue weighted by atomic mass is 10.1. The number of carbonyl (C=O) groups is 1. The molecule has 0 spiro atoms. The number of benzene rings is 1. The number of methoxy groups -OCH3 is 1. The number of ether oxygens (including phenoxy) is 2. The highest BCUT2D eigenvalue weighted by molar-refractivity contribution is 5.95. The number of nitrogen functional groups attached to an aromatic ring is 1. The van der Waals surface area contributed by atoms with Crippen LogP contribution >= 0.6 is 0 Å². The zero-order valence-electron chi connectivity index (χ0n) is 13.1. The summed E-state index contributed by atoms with van der Waals surface area (Å²) in [6, 6.07) is 5.13. The van der Waals surface area contributed by atoms with Crippen molar-refractivity contribution in [3.05, 3.63) is 23.8 Å². The fraction of sp³-hybridized carbons (Fsp3) is 0.562. The molecule has 3 N–H and O–H groups in total. The quantitative estimate of drug-likeness (QED) is 0.556. The molecule has 0 radical (unpaired) electrons.